The fourth-order valence-corrected chi connectivity index (χ4v) is 0.340. The molecule has 1 aliphatic rings. The molecule has 2 heteroatoms. The van der Waals surface area contributed by atoms with Gasteiger partial charge in [0.25, 0.3) is 0 Å². The number of rotatable bonds is 0. The molecule has 0 saturated carbocycles. The van der Waals surface area contributed by atoms with Gasteiger partial charge in [-0.05, 0) is 6.08 Å². The van der Waals surface area contributed by atoms with E-state index >= 15 is 0 Å². The van der Waals surface area contributed by atoms with E-state index in [2.05, 4.69) is 0 Å². The van der Waals surface area contributed by atoms with Gasteiger partial charge in [0.1, 0.15) is 0 Å². The monoisotopic (exact) mass is 94.0 g/mol. The van der Waals surface area contributed by atoms with Gasteiger partial charge in [-0.3, -0.25) is 0 Å². The molecule has 6 heavy (non-hydrogen) atoms. The molecule has 0 aromatic heterocycles. The Balaban J connectivity index is 0.000000250. The Kier molecular flexibility index (Phi) is 4.06. The Hall–Kier alpha value is 0.540. The van der Waals surface area contributed by atoms with Crippen LogP contribution in [0.15, 0.2) is 12.3 Å². The molecule has 0 unspecified atom stereocenters. The van der Waals surface area contributed by atoms with Crippen molar-refractivity contribution in [1.82, 2.24) is 0 Å². The Morgan fingerprint density at radius 1 is 1.50 bits per heavy atom. The molecule has 0 atom stereocenters. The predicted molar refractivity (Wildman–Crippen MR) is 26.9 cm³/mol. The van der Waals surface area contributed by atoms with E-state index in [4.69, 9.17) is 4.74 Å². The number of ether oxygens (including phenoxy) is 1. The Bertz CT molecular complexity index is 45.5. The first kappa shape index (κ1) is 6.54. The molecule has 0 saturated heterocycles. The van der Waals surface area contributed by atoms with Crippen LogP contribution in [0.2, 0.25) is 0 Å². The fraction of sp³-hybridized carbons (Fsp3) is 0.500. The summed E-state index contributed by atoms with van der Waals surface area (Å²) in [4.78, 5) is 0. The normalized spacial score (nSPS) is 16.0. The second-order valence-corrected chi connectivity index (χ2v) is 1.03. The maximum absolute atomic E-state index is 4.76. The van der Waals surface area contributed by atoms with Gasteiger partial charge in [0.05, 0.1) is 12.9 Å². The summed E-state index contributed by atoms with van der Waals surface area (Å²) < 4.78 is 4.76. The number of hydrogen-bond donors (Lipinski definition) is 0. The Morgan fingerprint density at radius 3 is 2.50 bits per heavy atom. The Morgan fingerprint density at radius 2 is 2.33 bits per heavy atom. The quantitative estimate of drug-likeness (QED) is 0.391. The molecular formula is C4H7NaO. The molecule has 0 bridgehead atoms. The first-order chi connectivity index (χ1) is 2.50. The topological polar surface area (TPSA) is 9.23 Å². The van der Waals surface area contributed by atoms with Crippen molar-refractivity contribution in [2.75, 3.05) is 6.61 Å². The van der Waals surface area contributed by atoms with Gasteiger partial charge in [-0.2, -0.15) is 0 Å². The van der Waals surface area contributed by atoms with Gasteiger partial charge < -0.3 is 4.74 Å². The van der Waals surface area contributed by atoms with Gasteiger partial charge in [-0.1, -0.05) is 0 Å². The van der Waals surface area contributed by atoms with Gasteiger partial charge in [-0.15, -0.1) is 0 Å². The molecule has 0 aromatic rings. The van der Waals surface area contributed by atoms with Crippen molar-refractivity contribution in [2.45, 2.75) is 6.42 Å². The molecule has 0 fully saturated rings. The van der Waals surface area contributed by atoms with E-state index in [9.17, 15) is 0 Å². The van der Waals surface area contributed by atoms with Gasteiger partial charge in [-0.25, -0.2) is 0 Å². The summed E-state index contributed by atoms with van der Waals surface area (Å²) in [6.45, 7) is 0.889. The number of hydrogen-bond acceptors (Lipinski definition) is 1. The summed E-state index contributed by atoms with van der Waals surface area (Å²) in [5, 5.41) is 0. The van der Waals surface area contributed by atoms with E-state index in [0.29, 0.717) is 0 Å². The van der Waals surface area contributed by atoms with Crippen LogP contribution in [0.25, 0.3) is 0 Å². The van der Waals surface area contributed by atoms with Crippen molar-refractivity contribution in [2.24, 2.45) is 0 Å². The first-order valence-corrected chi connectivity index (χ1v) is 1.77. The van der Waals surface area contributed by atoms with Crippen molar-refractivity contribution >= 4 is 29.6 Å². The van der Waals surface area contributed by atoms with Gasteiger partial charge in [0.2, 0.25) is 0 Å². The van der Waals surface area contributed by atoms with Crippen molar-refractivity contribution in [1.29, 1.82) is 0 Å². The molecule has 30 valence electrons. The zero-order valence-corrected chi connectivity index (χ0v) is 2.98. The van der Waals surface area contributed by atoms with E-state index in [-0.39, 0.29) is 29.6 Å². The standard InChI is InChI=1S/C4H6O.Na.H/c1-2-4-5-3-1;;/h1,3H,2,4H2;;. The molecule has 0 aromatic carbocycles. The van der Waals surface area contributed by atoms with Crippen molar-refractivity contribution in [3.05, 3.63) is 12.3 Å². The van der Waals surface area contributed by atoms with E-state index in [1.54, 1.807) is 6.26 Å². The van der Waals surface area contributed by atoms with Crippen LogP contribution in [-0.2, 0) is 4.74 Å². The third-order valence-electron chi connectivity index (χ3n) is 0.595. The van der Waals surface area contributed by atoms with E-state index in [1.165, 1.54) is 0 Å². The zero-order valence-electron chi connectivity index (χ0n) is 2.98. The fourth-order valence-electron chi connectivity index (χ4n) is 0.340. The third kappa shape index (κ3) is 1.85. The van der Waals surface area contributed by atoms with Crippen molar-refractivity contribution < 1.29 is 4.74 Å². The van der Waals surface area contributed by atoms with Gasteiger partial charge in [0, 0.05) is 6.42 Å². The van der Waals surface area contributed by atoms with Crippen molar-refractivity contribution in [3.8, 4) is 0 Å². The molecule has 0 N–H and O–H groups in total. The molecule has 1 aliphatic heterocycles. The summed E-state index contributed by atoms with van der Waals surface area (Å²) in [7, 11) is 0. The molecule has 0 aliphatic carbocycles. The van der Waals surface area contributed by atoms with Crippen LogP contribution in [0.4, 0.5) is 0 Å². The minimum absolute atomic E-state index is 0. The summed E-state index contributed by atoms with van der Waals surface area (Å²) >= 11 is 0. The summed E-state index contributed by atoms with van der Waals surface area (Å²) in [6, 6.07) is 0. The van der Waals surface area contributed by atoms with Crippen molar-refractivity contribution in [3.63, 3.8) is 0 Å². The van der Waals surface area contributed by atoms with Crippen LogP contribution in [0.5, 0.6) is 0 Å². The summed E-state index contributed by atoms with van der Waals surface area (Å²) in [5.74, 6) is 0. The average molecular weight is 94.1 g/mol. The molecule has 0 spiro atoms. The molecular weight excluding hydrogens is 87.0 g/mol. The van der Waals surface area contributed by atoms with E-state index in [1.807, 2.05) is 6.08 Å². The zero-order chi connectivity index (χ0) is 3.54. The van der Waals surface area contributed by atoms with Crippen LogP contribution in [0.1, 0.15) is 6.42 Å². The predicted octanol–water partition coefficient (Wildman–Crippen LogP) is 0.272. The maximum atomic E-state index is 4.76. The SMILES string of the molecule is C1=COCC1.[NaH]. The summed E-state index contributed by atoms with van der Waals surface area (Å²) in [5.41, 5.74) is 0. The van der Waals surface area contributed by atoms with Crippen LogP contribution in [0.3, 0.4) is 0 Å². The third-order valence-corrected chi connectivity index (χ3v) is 0.595. The van der Waals surface area contributed by atoms with Crippen LogP contribution >= 0.6 is 0 Å². The van der Waals surface area contributed by atoms with Gasteiger partial charge in [0.15, 0.2) is 0 Å². The Labute approximate surface area is 59.7 Å². The molecule has 1 heterocycles. The van der Waals surface area contributed by atoms with Crippen LogP contribution in [0, 0.1) is 0 Å². The second-order valence-electron chi connectivity index (χ2n) is 1.03. The first-order valence-electron chi connectivity index (χ1n) is 1.77. The molecule has 1 nitrogen and oxygen atoms in total. The van der Waals surface area contributed by atoms with E-state index < -0.39 is 0 Å². The van der Waals surface area contributed by atoms with Gasteiger partial charge >= 0.3 is 29.6 Å². The molecule has 0 radical (unpaired) electrons. The summed E-state index contributed by atoms with van der Waals surface area (Å²) in [6.07, 6.45) is 4.85. The average Bonchev–Trinajstić information content (AvgIpc) is 1.76. The minimum atomic E-state index is 0. The second kappa shape index (κ2) is 3.72. The van der Waals surface area contributed by atoms with Crippen LogP contribution in [-0.4, -0.2) is 36.2 Å². The molecule has 1 rings (SSSR count). The van der Waals surface area contributed by atoms with E-state index in [0.717, 1.165) is 13.0 Å². The van der Waals surface area contributed by atoms with Crippen LogP contribution < -0.4 is 0 Å². The molecule has 0 amide bonds.